The summed E-state index contributed by atoms with van der Waals surface area (Å²) in [5, 5.41) is 0.390. The van der Waals surface area contributed by atoms with E-state index >= 15 is 0 Å². The van der Waals surface area contributed by atoms with Gasteiger partial charge in [0.15, 0.2) is 0 Å². The number of ether oxygens (including phenoxy) is 1. The van der Waals surface area contributed by atoms with E-state index < -0.39 is 11.8 Å². The van der Waals surface area contributed by atoms with Crippen molar-refractivity contribution < 1.29 is 19.1 Å². The standard InChI is InChI=1S/C16H16Cl2N2O4/c1-8-5-19(6-9(2)24-8)14(21)7-20-15(22)10-3-12(17)13(18)4-11(10)16(20)23/h3-4,8-9H,5-7H2,1-2H3/t8-,9-/m0/s1. The Morgan fingerprint density at radius 2 is 1.54 bits per heavy atom. The van der Waals surface area contributed by atoms with Crippen LogP contribution in [0.25, 0.3) is 0 Å². The summed E-state index contributed by atoms with van der Waals surface area (Å²) in [5.74, 6) is -1.35. The Kier molecular flexibility index (Phi) is 4.55. The molecule has 1 saturated heterocycles. The van der Waals surface area contributed by atoms with Crippen molar-refractivity contribution in [3.05, 3.63) is 33.3 Å². The van der Waals surface area contributed by atoms with E-state index in [0.717, 1.165) is 4.90 Å². The van der Waals surface area contributed by atoms with Crippen LogP contribution >= 0.6 is 23.2 Å². The van der Waals surface area contributed by atoms with Crippen LogP contribution in [0, 0.1) is 0 Å². The maximum absolute atomic E-state index is 12.5. The first-order chi connectivity index (χ1) is 11.3. The summed E-state index contributed by atoms with van der Waals surface area (Å²) in [4.78, 5) is 39.9. The number of rotatable bonds is 2. The van der Waals surface area contributed by atoms with Crippen LogP contribution in [0.5, 0.6) is 0 Å². The van der Waals surface area contributed by atoms with Gasteiger partial charge in [0, 0.05) is 13.1 Å². The second kappa shape index (κ2) is 6.35. The minimum Gasteiger partial charge on any atom is -0.372 e. The van der Waals surface area contributed by atoms with Crippen molar-refractivity contribution in [1.29, 1.82) is 0 Å². The normalized spacial score (nSPS) is 23.7. The summed E-state index contributed by atoms with van der Waals surface area (Å²) >= 11 is 11.8. The number of carbonyl (C=O) groups excluding carboxylic acids is 3. The molecule has 0 radical (unpaired) electrons. The number of halogens is 2. The zero-order valence-electron chi connectivity index (χ0n) is 13.2. The molecule has 8 heteroatoms. The van der Waals surface area contributed by atoms with Crippen molar-refractivity contribution in [2.75, 3.05) is 19.6 Å². The highest BCUT2D eigenvalue weighted by Crippen LogP contribution is 2.31. The largest absolute Gasteiger partial charge is 0.372 e. The van der Waals surface area contributed by atoms with Gasteiger partial charge in [0.2, 0.25) is 5.91 Å². The highest BCUT2D eigenvalue weighted by Gasteiger charge is 2.38. The van der Waals surface area contributed by atoms with E-state index in [1.54, 1.807) is 4.90 Å². The van der Waals surface area contributed by atoms with E-state index in [0.29, 0.717) is 13.1 Å². The number of morpholine rings is 1. The van der Waals surface area contributed by atoms with E-state index in [4.69, 9.17) is 27.9 Å². The molecule has 0 N–H and O–H groups in total. The fourth-order valence-corrected chi connectivity index (χ4v) is 3.37. The van der Waals surface area contributed by atoms with E-state index in [1.165, 1.54) is 12.1 Å². The lowest BCUT2D eigenvalue weighted by atomic mass is 10.1. The van der Waals surface area contributed by atoms with Crippen LogP contribution in [-0.4, -0.2) is 59.4 Å². The monoisotopic (exact) mass is 370 g/mol. The maximum Gasteiger partial charge on any atom is 0.262 e. The number of imide groups is 1. The van der Waals surface area contributed by atoms with Crippen molar-refractivity contribution in [3.63, 3.8) is 0 Å². The predicted molar refractivity (Wildman–Crippen MR) is 88.4 cm³/mol. The molecule has 3 rings (SSSR count). The Labute approximate surface area is 149 Å². The molecule has 2 aliphatic rings. The van der Waals surface area contributed by atoms with Crippen molar-refractivity contribution in [2.45, 2.75) is 26.1 Å². The highest BCUT2D eigenvalue weighted by atomic mass is 35.5. The van der Waals surface area contributed by atoms with Crippen molar-refractivity contribution in [1.82, 2.24) is 9.80 Å². The molecule has 128 valence electrons. The number of amides is 3. The molecule has 1 fully saturated rings. The Morgan fingerprint density at radius 1 is 1.08 bits per heavy atom. The van der Waals surface area contributed by atoms with E-state index in [1.807, 2.05) is 13.8 Å². The molecule has 1 aromatic carbocycles. The highest BCUT2D eigenvalue weighted by molar-refractivity contribution is 6.43. The van der Waals surface area contributed by atoms with Crippen molar-refractivity contribution in [3.8, 4) is 0 Å². The second-order valence-corrected chi connectivity index (χ2v) is 6.88. The molecule has 1 aromatic rings. The van der Waals surface area contributed by atoms with E-state index in [9.17, 15) is 14.4 Å². The van der Waals surface area contributed by atoms with Gasteiger partial charge in [0.05, 0.1) is 33.4 Å². The lowest BCUT2D eigenvalue weighted by molar-refractivity contribution is -0.143. The number of hydrogen-bond acceptors (Lipinski definition) is 4. The van der Waals surface area contributed by atoms with E-state index in [-0.39, 0.29) is 45.8 Å². The Hall–Kier alpha value is -1.63. The molecule has 6 nitrogen and oxygen atoms in total. The lowest BCUT2D eigenvalue weighted by Gasteiger charge is -2.35. The average molecular weight is 371 g/mol. The van der Waals surface area contributed by atoms with Crippen LogP contribution in [0.3, 0.4) is 0 Å². The van der Waals surface area contributed by atoms with Crippen LogP contribution in [0.15, 0.2) is 12.1 Å². The molecule has 0 bridgehead atoms. The Balaban J connectivity index is 1.78. The third-order valence-corrected chi connectivity index (χ3v) is 4.80. The first-order valence-electron chi connectivity index (χ1n) is 7.56. The quantitative estimate of drug-likeness (QED) is 0.748. The topological polar surface area (TPSA) is 66.9 Å². The third kappa shape index (κ3) is 3.01. The number of fused-ring (bicyclic) bond motifs is 1. The van der Waals surface area contributed by atoms with Gasteiger partial charge in [0.25, 0.3) is 11.8 Å². The van der Waals surface area contributed by atoms with Gasteiger partial charge in [-0.05, 0) is 26.0 Å². The number of hydrogen-bond donors (Lipinski definition) is 0. The second-order valence-electron chi connectivity index (χ2n) is 6.06. The summed E-state index contributed by atoms with van der Waals surface area (Å²) in [7, 11) is 0. The first-order valence-corrected chi connectivity index (χ1v) is 8.32. The molecular formula is C16H16Cl2N2O4. The summed E-state index contributed by atoms with van der Waals surface area (Å²) in [6, 6.07) is 2.73. The number of nitrogens with zero attached hydrogens (tertiary/aromatic N) is 2. The summed E-state index contributed by atoms with van der Waals surface area (Å²) in [6.45, 7) is 4.32. The molecule has 3 amide bonds. The third-order valence-electron chi connectivity index (χ3n) is 4.08. The fraction of sp³-hybridized carbons (Fsp3) is 0.438. The molecule has 24 heavy (non-hydrogen) atoms. The molecule has 0 saturated carbocycles. The van der Waals surface area contributed by atoms with E-state index in [2.05, 4.69) is 0 Å². The molecule has 2 atom stereocenters. The van der Waals surface area contributed by atoms with Gasteiger partial charge < -0.3 is 9.64 Å². The molecule has 0 aliphatic carbocycles. The molecule has 0 unspecified atom stereocenters. The van der Waals surface area contributed by atoms with Crippen LogP contribution in [-0.2, 0) is 9.53 Å². The van der Waals surface area contributed by atoms with Crippen LogP contribution < -0.4 is 0 Å². The minimum absolute atomic E-state index is 0.0857. The summed E-state index contributed by atoms with van der Waals surface area (Å²) in [6.07, 6.45) is -0.171. The SMILES string of the molecule is C[C@H]1CN(C(=O)CN2C(=O)c3cc(Cl)c(Cl)cc3C2=O)C[C@H](C)O1. The van der Waals surface area contributed by atoms with Crippen molar-refractivity contribution >= 4 is 40.9 Å². The molecular weight excluding hydrogens is 355 g/mol. The maximum atomic E-state index is 12.5. The molecule has 0 spiro atoms. The summed E-state index contributed by atoms with van der Waals surface area (Å²) in [5.41, 5.74) is 0.344. The fourth-order valence-electron chi connectivity index (χ4n) is 3.04. The molecule has 2 aliphatic heterocycles. The first kappa shape index (κ1) is 17.2. The smallest absolute Gasteiger partial charge is 0.262 e. The van der Waals surface area contributed by atoms with Gasteiger partial charge >= 0.3 is 0 Å². The van der Waals surface area contributed by atoms with Crippen LogP contribution in [0.1, 0.15) is 34.6 Å². The Morgan fingerprint density at radius 3 is 2.00 bits per heavy atom. The van der Waals surface area contributed by atoms with Crippen LogP contribution in [0.4, 0.5) is 0 Å². The van der Waals surface area contributed by atoms with Gasteiger partial charge in [-0.15, -0.1) is 0 Å². The van der Waals surface area contributed by atoms with Gasteiger partial charge in [-0.3, -0.25) is 19.3 Å². The Bertz CT molecular complexity index is 686. The van der Waals surface area contributed by atoms with Crippen LogP contribution in [0.2, 0.25) is 10.0 Å². The van der Waals surface area contributed by atoms with Gasteiger partial charge in [-0.25, -0.2) is 0 Å². The van der Waals surface area contributed by atoms with Gasteiger partial charge in [-0.1, -0.05) is 23.2 Å². The lowest BCUT2D eigenvalue weighted by Crippen LogP contribution is -2.51. The van der Waals surface area contributed by atoms with Gasteiger partial charge in [0.1, 0.15) is 6.54 Å². The van der Waals surface area contributed by atoms with Crippen molar-refractivity contribution in [2.24, 2.45) is 0 Å². The average Bonchev–Trinajstić information content (AvgIpc) is 2.72. The number of carbonyl (C=O) groups is 3. The molecule has 2 heterocycles. The summed E-state index contributed by atoms with van der Waals surface area (Å²) < 4.78 is 5.59. The zero-order chi connectivity index (χ0) is 17.6. The minimum atomic E-state index is -0.531. The number of benzene rings is 1. The predicted octanol–water partition coefficient (Wildman–Crippen LogP) is 2.23. The molecule has 0 aromatic heterocycles. The zero-order valence-corrected chi connectivity index (χ0v) is 14.7. The van der Waals surface area contributed by atoms with Gasteiger partial charge in [-0.2, -0.15) is 0 Å².